The minimum atomic E-state index is -0.849. The number of para-hydroxylation sites is 4. The van der Waals surface area contributed by atoms with Gasteiger partial charge in [-0.3, -0.25) is 38.4 Å². The van der Waals surface area contributed by atoms with Crippen molar-refractivity contribution in [1.82, 2.24) is 39.5 Å². The molecule has 0 unspecified atom stereocenters. The van der Waals surface area contributed by atoms with Crippen molar-refractivity contribution in [3.05, 3.63) is 144 Å². The number of aromatic nitrogens is 4. The fraction of sp³-hybridized carbons (Fsp3) is 0.278. The van der Waals surface area contributed by atoms with Gasteiger partial charge in [-0.05, 0) is 122 Å². The molecule has 4 atom stereocenters. The molecule has 21 heteroatoms. The minimum absolute atomic E-state index is 0. The van der Waals surface area contributed by atoms with Gasteiger partial charge < -0.3 is 50.8 Å². The van der Waals surface area contributed by atoms with Crippen LogP contribution in [-0.4, -0.2) is 127 Å². The molecular weight excluding hydrogens is 1230 g/mol. The van der Waals surface area contributed by atoms with Crippen LogP contribution in [0.25, 0.3) is 90.9 Å². The van der Waals surface area contributed by atoms with Gasteiger partial charge in [0, 0.05) is 96.9 Å². The number of nitrogens with one attached hydrogen (secondary N) is 4. The molecule has 0 aliphatic carbocycles. The molecule has 10 aliphatic heterocycles. The normalized spacial score (nSPS) is 20.9. The summed E-state index contributed by atoms with van der Waals surface area (Å²) in [6, 6.07) is 33.6. The average Bonchev–Trinajstić information content (AvgIpc) is 1.48. The number of amides is 8. The maximum Gasteiger partial charge on any atom is 2.00 e. The molecule has 93 heavy (non-hydrogen) atoms. The number of fused-ring (bicyclic) bond motifs is 10. The van der Waals surface area contributed by atoms with Gasteiger partial charge in [0.25, 0.3) is 0 Å². The van der Waals surface area contributed by atoms with E-state index in [2.05, 4.69) is 21.3 Å². The zero-order valence-corrected chi connectivity index (χ0v) is 54.0. The van der Waals surface area contributed by atoms with Crippen LogP contribution in [0.4, 0.5) is 22.7 Å². The van der Waals surface area contributed by atoms with E-state index in [-0.39, 0.29) is 68.8 Å². The zero-order chi connectivity index (χ0) is 62.7. The topological polar surface area (TPSA) is 252 Å². The fourth-order valence-electron chi connectivity index (χ4n) is 14.6. The number of carbonyl (C=O) groups is 8. The van der Waals surface area contributed by atoms with Crippen molar-refractivity contribution >= 4 is 116 Å². The van der Waals surface area contributed by atoms with Crippen LogP contribution in [-0.2, 0) is 57.8 Å². The summed E-state index contributed by atoms with van der Waals surface area (Å²) in [7, 11) is 0. The van der Waals surface area contributed by atoms with Gasteiger partial charge in [-0.25, -0.2) is 9.97 Å². The molecule has 20 nitrogen and oxygen atoms in total. The molecule has 4 aromatic carbocycles. The first-order valence-corrected chi connectivity index (χ1v) is 31.8. The SMILES string of the molecule is O=C1Nc2ccccc2-c2c3nc(c4c5ccc([n-]5)c(c5nc(c(c6ccc2[n-]6)-c2ccccc2NC(=O)[C@@H]2CCCN2C(=O)CCC(=O)N2CCC[C@H]2C(=O)Nc2ccccc2-4)C=C5)-c2ccccc2NC(=O)[C@@H]2CCCN2C(=O)CCC(=O)N2CCC[C@@H]12)C=C3.[Zn+2]. The maximum atomic E-state index is 14.9. The molecule has 10 aliphatic rings. The molecule has 3 aromatic heterocycles. The van der Waals surface area contributed by atoms with E-state index in [1.54, 1.807) is 43.9 Å². The van der Waals surface area contributed by atoms with Gasteiger partial charge in [0.2, 0.25) is 47.3 Å². The first kappa shape index (κ1) is 60.4. The summed E-state index contributed by atoms with van der Waals surface area (Å²) in [4.78, 5) is 145. The van der Waals surface area contributed by atoms with Crippen molar-refractivity contribution in [2.45, 2.75) is 101 Å². The van der Waals surface area contributed by atoms with Crippen LogP contribution in [0.1, 0.15) is 99.8 Å². The van der Waals surface area contributed by atoms with Crippen LogP contribution in [0.5, 0.6) is 0 Å². The van der Waals surface area contributed by atoms with E-state index in [9.17, 15) is 38.4 Å². The largest absolute Gasteiger partial charge is 2.00 e. The molecule has 0 radical (unpaired) electrons. The second-order valence-corrected chi connectivity index (χ2v) is 24.5. The Morgan fingerprint density at radius 1 is 0.323 bits per heavy atom. The Kier molecular flexibility index (Phi) is 16.3. The van der Waals surface area contributed by atoms with Crippen LogP contribution < -0.4 is 31.2 Å². The van der Waals surface area contributed by atoms with Gasteiger partial charge in [-0.1, -0.05) is 97.1 Å². The average molecular weight is 1290 g/mol. The number of anilines is 4. The zero-order valence-electron chi connectivity index (χ0n) is 51.0. The van der Waals surface area contributed by atoms with Crippen molar-refractivity contribution in [2.75, 3.05) is 47.4 Å². The van der Waals surface area contributed by atoms with Crippen LogP contribution >= 0.6 is 0 Å². The summed E-state index contributed by atoms with van der Waals surface area (Å²) in [5, 5.41) is 12.8. The van der Waals surface area contributed by atoms with E-state index in [0.717, 1.165) is 0 Å². The van der Waals surface area contributed by atoms with E-state index >= 15 is 0 Å². The quantitative estimate of drug-likeness (QED) is 0.104. The molecule has 4 saturated heterocycles. The predicted octanol–water partition coefficient (Wildman–Crippen LogP) is 9.88. The van der Waals surface area contributed by atoms with Gasteiger partial charge in [-0.15, -0.1) is 22.1 Å². The predicted molar refractivity (Wildman–Crippen MR) is 350 cm³/mol. The van der Waals surface area contributed by atoms with E-state index in [0.29, 0.717) is 190 Å². The molecule has 0 saturated carbocycles. The van der Waals surface area contributed by atoms with Gasteiger partial charge in [0.1, 0.15) is 24.2 Å². The molecule has 0 spiro atoms. The molecule has 17 rings (SSSR count). The molecular formula is C72H64N12O8Zn. The van der Waals surface area contributed by atoms with Crippen molar-refractivity contribution in [1.29, 1.82) is 0 Å². The summed E-state index contributed by atoms with van der Waals surface area (Å²) in [5.41, 5.74) is 9.65. The van der Waals surface area contributed by atoms with Crippen molar-refractivity contribution in [3.63, 3.8) is 0 Å². The first-order valence-electron chi connectivity index (χ1n) is 31.8. The number of benzene rings is 4. The van der Waals surface area contributed by atoms with Crippen LogP contribution in [0.2, 0.25) is 0 Å². The van der Waals surface area contributed by atoms with Crippen LogP contribution in [0.3, 0.4) is 0 Å². The Bertz CT molecular complexity index is 3990. The Hall–Kier alpha value is -10.1. The van der Waals surface area contributed by atoms with Crippen molar-refractivity contribution in [3.8, 4) is 44.5 Å². The van der Waals surface area contributed by atoms with Crippen molar-refractivity contribution in [2.24, 2.45) is 0 Å². The summed E-state index contributed by atoms with van der Waals surface area (Å²) >= 11 is 0. The third kappa shape index (κ3) is 11.2. The number of hydrogen-bond donors (Lipinski definition) is 4. The number of hydrogen-bond acceptors (Lipinski definition) is 10. The molecule has 7 aromatic rings. The summed E-state index contributed by atoms with van der Waals surface area (Å²) in [6.45, 7) is 1.30. The van der Waals surface area contributed by atoms with E-state index < -0.39 is 47.8 Å². The smallest absolute Gasteiger partial charge is 0.657 e. The van der Waals surface area contributed by atoms with E-state index in [1.807, 2.05) is 121 Å². The standard InChI is InChI=1S/C72H66N12O8.Zn/c85-61-33-34-62(86)82-38-12-24-60(82)72(92)80-48-20-8-4-16-44(48)68-55-31-29-53(75-55)66-42-14-2-6-18-46(42)78-70(90)58-22-10-39-83(58)63(87)35-36-64(88)84-40-11-23-59(84)71(91)79-47-19-7-3-15-43(47)67(54-30-32-56(68)76-54)52-28-26-50(74-52)65(49-25-27-51(66)73-49)41-13-1-5-17-45(41)77-69(89)57-21-9-37-81(57)61;/h1-8,13-20,25-32,57-60H,9-12,21-24,33-40H2,(H6,73,74,75,76,77,78,79,80,89,90,91,92);/q;+2/p-2/t57-,58-,59-,60-;/m0./s1. The van der Waals surface area contributed by atoms with Gasteiger partial charge in [0.15, 0.2) is 0 Å². The van der Waals surface area contributed by atoms with Gasteiger partial charge >= 0.3 is 19.5 Å². The number of nitrogens with zero attached hydrogens (tertiary/aromatic N) is 8. The third-order valence-electron chi connectivity index (χ3n) is 19.0. The summed E-state index contributed by atoms with van der Waals surface area (Å²) < 4.78 is 0. The summed E-state index contributed by atoms with van der Waals surface area (Å²) in [5.74, 6) is -2.99. The molecule has 13 heterocycles. The Morgan fingerprint density at radius 3 is 0.785 bits per heavy atom. The van der Waals surface area contributed by atoms with Gasteiger partial charge in [0.05, 0.1) is 22.8 Å². The number of carbonyl (C=O) groups excluding carboxylic acids is 8. The van der Waals surface area contributed by atoms with Crippen LogP contribution in [0.15, 0.2) is 121 Å². The Labute approximate surface area is 548 Å². The molecule has 4 N–H and O–H groups in total. The van der Waals surface area contributed by atoms with Crippen LogP contribution in [0, 0.1) is 0 Å². The minimum Gasteiger partial charge on any atom is -0.657 e. The van der Waals surface area contributed by atoms with Gasteiger partial charge in [-0.2, -0.15) is 0 Å². The molecule has 12 bridgehead atoms. The third-order valence-corrected chi connectivity index (χ3v) is 19.0. The van der Waals surface area contributed by atoms with Crippen molar-refractivity contribution < 1.29 is 57.8 Å². The summed E-state index contributed by atoms with van der Waals surface area (Å²) in [6.07, 6.45) is 10.8. The Balaban J connectivity index is 0.00000749. The maximum absolute atomic E-state index is 14.9. The first-order chi connectivity index (χ1) is 44.9. The second-order valence-electron chi connectivity index (χ2n) is 24.5. The fourth-order valence-corrected chi connectivity index (χ4v) is 14.6. The second kappa shape index (κ2) is 25.2. The van der Waals surface area contributed by atoms with E-state index in [1.165, 1.54) is 0 Å². The molecule has 4 fully saturated rings. The number of rotatable bonds is 0. The Morgan fingerprint density at radius 2 is 0.548 bits per heavy atom. The molecule has 462 valence electrons. The monoisotopic (exact) mass is 1290 g/mol. The van der Waals surface area contributed by atoms with E-state index in [4.69, 9.17) is 19.9 Å². The molecule has 8 amide bonds.